The summed E-state index contributed by atoms with van der Waals surface area (Å²) in [7, 11) is 0. The van der Waals surface area contributed by atoms with Crippen LogP contribution in [0.5, 0.6) is 5.75 Å². The van der Waals surface area contributed by atoms with Crippen molar-refractivity contribution in [1.29, 1.82) is 0 Å². The number of hydrogen-bond donors (Lipinski definition) is 1. The molecular weight excluding hydrogens is 356 g/mol. The first-order valence-corrected chi connectivity index (χ1v) is 8.81. The molecule has 1 N–H and O–H groups in total. The van der Waals surface area contributed by atoms with Crippen LogP contribution in [-0.4, -0.2) is 17.0 Å². The van der Waals surface area contributed by atoms with Gasteiger partial charge < -0.3 is 14.6 Å². The molecule has 0 saturated carbocycles. The lowest BCUT2D eigenvalue weighted by Gasteiger charge is -2.13. The fourth-order valence-corrected chi connectivity index (χ4v) is 2.67. The summed E-state index contributed by atoms with van der Waals surface area (Å²) in [5.41, 5.74) is 1.87. The summed E-state index contributed by atoms with van der Waals surface area (Å²) in [4.78, 5) is 25.1. The highest BCUT2D eigenvalue weighted by molar-refractivity contribution is 6.05. The molecule has 5 nitrogen and oxygen atoms in total. The molecular formula is C23H20O5. The van der Waals surface area contributed by atoms with Crippen molar-refractivity contribution < 1.29 is 24.2 Å². The molecule has 28 heavy (non-hydrogen) atoms. The highest BCUT2D eigenvalue weighted by Gasteiger charge is 2.25. The van der Waals surface area contributed by atoms with Gasteiger partial charge in [-0.25, -0.2) is 9.59 Å². The van der Waals surface area contributed by atoms with Crippen LogP contribution in [0.2, 0.25) is 0 Å². The third-order valence-electron chi connectivity index (χ3n) is 4.23. The van der Waals surface area contributed by atoms with Crippen LogP contribution in [0.15, 0.2) is 72.8 Å². The Morgan fingerprint density at radius 2 is 1.25 bits per heavy atom. The Morgan fingerprint density at radius 1 is 0.750 bits per heavy atom. The highest BCUT2D eigenvalue weighted by Crippen LogP contribution is 2.27. The molecule has 3 aromatic rings. The first kappa shape index (κ1) is 19.2. The maximum atomic E-state index is 12.6. The zero-order valence-electron chi connectivity index (χ0n) is 15.4. The van der Waals surface area contributed by atoms with Crippen molar-refractivity contribution in [2.75, 3.05) is 0 Å². The molecule has 0 unspecified atom stereocenters. The van der Waals surface area contributed by atoms with Crippen molar-refractivity contribution in [2.45, 2.75) is 20.1 Å². The SMILES string of the molecule is Cc1ccc(C(=O)OCc2ccccc2)c(C(=O)OCc2ccccc2)c1O. The summed E-state index contributed by atoms with van der Waals surface area (Å²) >= 11 is 0. The predicted octanol–water partition coefficient (Wildman–Crippen LogP) is 4.41. The van der Waals surface area contributed by atoms with Crippen LogP contribution in [-0.2, 0) is 22.7 Å². The second-order valence-corrected chi connectivity index (χ2v) is 6.28. The average molecular weight is 376 g/mol. The smallest absolute Gasteiger partial charge is 0.343 e. The van der Waals surface area contributed by atoms with E-state index in [1.807, 2.05) is 60.7 Å². The summed E-state index contributed by atoms with van der Waals surface area (Å²) in [6, 6.07) is 21.4. The average Bonchev–Trinajstić information content (AvgIpc) is 2.73. The van der Waals surface area contributed by atoms with Crippen LogP contribution < -0.4 is 0 Å². The third-order valence-corrected chi connectivity index (χ3v) is 4.23. The van der Waals surface area contributed by atoms with Gasteiger partial charge in [0.25, 0.3) is 0 Å². The molecule has 0 aliphatic carbocycles. The molecule has 0 aromatic heterocycles. The van der Waals surface area contributed by atoms with E-state index in [1.165, 1.54) is 6.07 Å². The molecule has 5 heteroatoms. The van der Waals surface area contributed by atoms with Crippen molar-refractivity contribution in [3.05, 3.63) is 101 Å². The van der Waals surface area contributed by atoms with E-state index in [4.69, 9.17) is 9.47 Å². The normalized spacial score (nSPS) is 10.3. The minimum atomic E-state index is -0.781. The lowest BCUT2D eigenvalue weighted by Crippen LogP contribution is -2.15. The number of rotatable bonds is 6. The van der Waals surface area contributed by atoms with Gasteiger partial charge in [-0.15, -0.1) is 0 Å². The number of phenolic OH excluding ortho intramolecular Hbond substituents is 1. The molecule has 0 fully saturated rings. The molecule has 0 heterocycles. The zero-order chi connectivity index (χ0) is 19.9. The van der Waals surface area contributed by atoms with Crippen molar-refractivity contribution in [2.24, 2.45) is 0 Å². The molecule has 0 radical (unpaired) electrons. The second-order valence-electron chi connectivity index (χ2n) is 6.28. The maximum absolute atomic E-state index is 12.6. The van der Waals surface area contributed by atoms with Crippen molar-refractivity contribution >= 4 is 11.9 Å². The Labute approximate surface area is 163 Å². The first-order valence-electron chi connectivity index (χ1n) is 8.81. The number of ether oxygens (including phenoxy) is 2. The molecule has 0 saturated heterocycles. The van der Waals surface area contributed by atoms with Gasteiger partial charge in [-0.3, -0.25) is 0 Å². The topological polar surface area (TPSA) is 72.8 Å². The monoisotopic (exact) mass is 376 g/mol. The van der Waals surface area contributed by atoms with Gasteiger partial charge in [-0.2, -0.15) is 0 Å². The molecule has 0 atom stereocenters. The minimum absolute atomic E-state index is 0.0305. The number of carbonyl (C=O) groups is 2. The molecule has 142 valence electrons. The van der Waals surface area contributed by atoms with Crippen molar-refractivity contribution in [1.82, 2.24) is 0 Å². The maximum Gasteiger partial charge on any atom is 0.343 e. The Morgan fingerprint density at radius 3 is 1.79 bits per heavy atom. The number of esters is 2. The van der Waals surface area contributed by atoms with Crippen molar-refractivity contribution in [3.8, 4) is 5.75 Å². The van der Waals surface area contributed by atoms with Crippen LogP contribution in [0.3, 0.4) is 0 Å². The van der Waals surface area contributed by atoms with Gasteiger partial charge in [-0.05, 0) is 29.7 Å². The van der Waals surface area contributed by atoms with E-state index in [1.54, 1.807) is 13.0 Å². The van der Waals surface area contributed by atoms with E-state index < -0.39 is 11.9 Å². The number of aryl methyl sites for hydroxylation is 1. The molecule has 0 bridgehead atoms. The summed E-state index contributed by atoms with van der Waals surface area (Å²) < 4.78 is 10.6. The van der Waals surface area contributed by atoms with Gasteiger partial charge in [-0.1, -0.05) is 66.7 Å². The van der Waals surface area contributed by atoms with Crippen LogP contribution in [0.4, 0.5) is 0 Å². The van der Waals surface area contributed by atoms with Crippen LogP contribution in [0.1, 0.15) is 37.4 Å². The van der Waals surface area contributed by atoms with Gasteiger partial charge in [0.2, 0.25) is 0 Å². The molecule has 0 spiro atoms. The number of hydrogen-bond acceptors (Lipinski definition) is 5. The number of aromatic hydroxyl groups is 1. The molecule has 0 aliphatic heterocycles. The number of carbonyl (C=O) groups excluding carboxylic acids is 2. The summed E-state index contributed by atoms with van der Waals surface area (Å²) in [5, 5.41) is 10.4. The Balaban J connectivity index is 1.78. The zero-order valence-corrected chi connectivity index (χ0v) is 15.4. The van der Waals surface area contributed by atoms with E-state index in [-0.39, 0.29) is 30.1 Å². The van der Waals surface area contributed by atoms with Gasteiger partial charge in [0, 0.05) is 0 Å². The standard InChI is InChI=1S/C23H20O5/c1-16-12-13-19(22(25)27-14-17-8-4-2-5-9-17)20(21(16)24)23(26)28-15-18-10-6-3-7-11-18/h2-13,24H,14-15H2,1H3. The van der Waals surface area contributed by atoms with Gasteiger partial charge in [0.15, 0.2) is 0 Å². The second kappa shape index (κ2) is 8.86. The minimum Gasteiger partial charge on any atom is -0.507 e. The van der Waals surface area contributed by atoms with Crippen molar-refractivity contribution in [3.63, 3.8) is 0 Å². The largest absolute Gasteiger partial charge is 0.507 e. The Kier molecular flexibility index (Phi) is 6.07. The van der Waals surface area contributed by atoms with Crippen LogP contribution in [0.25, 0.3) is 0 Å². The van der Waals surface area contributed by atoms with Crippen LogP contribution in [0, 0.1) is 6.92 Å². The number of benzene rings is 3. The molecule has 0 amide bonds. The van der Waals surface area contributed by atoms with Gasteiger partial charge >= 0.3 is 11.9 Å². The lowest BCUT2D eigenvalue weighted by molar-refractivity contribution is 0.0422. The van der Waals surface area contributed by atoms with E-state index in [0.717, 1.165) is 11.1 Å². The first-order chi connectivity index (χ1) is 13.6. The van der Waals surface area contributed by atoms with Gasteiger partial charge in [0.1, 0.15) is 24.5 Å². The lowest BCUT2D eigenvalue weighted by atomic mass is 10.0. The Bertz CT molecular complexity index is 965. The van der Waals surface area contributed by atoms with Gasteiger partial charge in [0.05, 0.1) is 5.56 Å². The predicted molar refractivity (Wildman–Crippen MR) is 104 cm³/mol. The molecule has 3 aromatic carbocycles. The Hall–Kier alpha value is -3.60. The summed E-state index contributed by atoms with van der Waals surface area (Å²) in [6.07, 6.45) is 0. The quantitative estimate of drug-likeness (QED) is 0.645. The highest BCUT2D eigenvalue weighted by atomic mass is 16.5. The molecule has 3 rings (SSSR count). The third kappa shape index (κ3) is 4.57. The fraction of sp³-hybridized carbons (Fsp3) is 0.130. The fourth-order valence-electron chi connectivity index (χ4n) is 2.67. The summed E-state index contributed by atoms with van der Waals surface area (Å²) in [6.45, 7) is 1.74. The van der Waals surface area contributed by atoms with E-state index in [2.05, 4.69) is 0 Å². The van der Waals surface area contributed by atoms with E-state index in [9.17, 15) is 14.7 Å². The molecule has 0 aliphatic rings. The van der Waals surface area contributed by atoms with Crippen LogP contribution >= 0.6 is 0 Å². The van der Waals surface area contributed by atoms with E-state index >= 15 is 0 Å². The number of phenols is 1. The van der Waals surface area contributed by atoms with E-state index in [0.29, 0.717) is 5.56 Å². The summed E-state index contributed by atoms with van der Waals surface area (Å²) in [5.74, 6) is -1.77.